The first-order valence-corrected chi connectivity index (χ1v) is 33.4. The number of benzene rings is 14. The van der Waals surface area contributed by atoms with Crippen molar-refractivity contribution in [3.8, 4) is 135 Å². The van der Waals surface area contributed by atoms with Crippen molar-refractivity contribution in [2.24, 2.45) is 0 Å². The summed E-state index contributed by atoms with van der Waals surface area (Å²) in [4.78, 5) is 10.4. The molecule has 0 saturated carbocycles. The van der Waals surface area contributed by atoms with Gasteiger partial charge in [0.05, 0.1) is 33.4 Å². The van der Waals surface area contributed by atoms with Crippen molar-refractivity contribution in [3.05, 3.63) is 384 Å². The minimum atomic E-state index is -0.702. The fraction of sp³-hybridized carbons (Fsp3) is 0.0217. The number of ether oxygens (including phenoxy) is 2. The molecule has 0 bridgehead atoms. The number of rotatable bonds is 8. The van der Waals surface area contributed by atoms with Crippen LogP contribution >= 0.6 is 0 Å². The second-order valence-electron chi connectivity index (χ2n) is 25.8. The van der Waals surface area contributed by atoms with Gasteiger partial charge in [0.1, 0.15) is 23.0 Å². The van der Waals surface area contributed by atoms with E-state index in [9.17, 15) is 0 Å². The SMILES string of the molecule is c1ccc(-c2ccc(-c3nc(-c4ccc(-c5cccc6c5Oc5ccccc5C65c6ccccc6-c6c(-c7cccc(-c8ccc(-c9ccc(-c%10cccc%11c%10Oc%10ccccc%10C%11%10c%11ccccc%11-c%11ccccc%11%10)cc9)nn8)c7)cccc65)cc4)nc4ccccc34)cc2)cc1. The smallest absolute Gasteiger partial charge is 0.160 e. The molecule has 1 atom stereocenters. The maximum atomic E-state index is 7.20. The Balaban J connectivity index is 0.623. The van der Waals surface area contributed by atoms with Gasteiger partial charge in [0.15, 0.2) is 5.82 Å². The van der Waals surface area contributed by atoms with Gasteiger partial charge in [0.2, 0.25) is 0 Å². The van der Waals surface area contributed by atoms with Crippen molar-refractivity contribution in [2.45, 2.75) is 10.8 Å². The molecule has 14 aromatic carbocycles. The lowest BCUT2D eigenvalue weighted by atomic mass is 9.65. The Morgan fingerprint density at radius 2 is 0.643 bits per heavy atom. The van der Waals surface area contributed by atoms with Crippen LogP contribution in [0.1, 0.15) is 44.5 Å². The highest BCUT2D eigenvalue weighted by atomic mass is 16.5. The summed E-state index contributed by atoms with van der Waals surface area (Å²) in [6.45, 7) is 0. The zero-order valence-electron chi connectivity index (χ0n) is 52.9. The second-order valence-corrected chi connectivity index (χ2v) is 25.8. The number of nitrogens with zero attached hydrogens (tertiary/aromatic N) is 4. The predicted molar refractivity (Wildman–Crippen MR) is 393 cm³/mol. The van der Waals surface area contributed by atoms with E-state index < -0.39 is 10.8 Å². The van der Waals surface area contributed by atoms with Crippen molar-refractivity contribution >= 4 is 10.9 Å². The predicted octanol–water partition coefficient (Wildman–Crippen LogP) is 22.7. The van der Waals surface area contributed by atoms with Crippen LogP contribution in [0.15, 0.2) is 340 Å². The van der Waals surface area contributed by atoms with Gasteiger partial charge in [-0.3, -0.25) is 0 Å². The lowest BCUT2D eigenvalue weighted by Crippen LogP contribution is -2.32. The highest BCUT2D eigenvalue weighted by Crippen LogP contribution is 2.66. The molecule has 0 fully saturated rings. The van der Waals surface area contributed by atoms with Crippen LogP contribution in [-0.2, 0) is 10.8 Å². The number of fused-ring (bicyclic) bond motifs is 19. The van der Waals surface area contributed by atoms with Gasteiger partial charge >= 0.3 is 0 Å². The summed E-state index contributed by atoms with van der Waals surface area (Å²) >= 11 is 0. The molecule has 6 nitrogen and oxygen atoms in total. The fourth-order valence-electron chi connectivity index (χ4n) is 16.5. The molecule has 456 valence electrons. The summed E-state index contributed by atoms with van der Waals surface area (Å²) in [6.07, 6.45) is 0. The molecule has 0 radical (unpaired) electrons. The van der Waals surface area contributed by atoms with Gasteiger partial charge in [-0.2, -0.15) is 0 Å². The monoisotopic (exact) mass is 1250 g/mol. The molecule has 16 aromatic rings. The third-order valence-corrected chi connectivity index (χ3v) is 20.8. The van der Waals surface area contributed by atoms with E-state index in [4.69, 9.17) is 29.6 Å². The van der Waals surface area contributed by atoms with E-state index in [0.717, 1.165) is 134 Å². The highest BCUT2D eigenvalue weighted by molar-refractivity contribution is 5.99. The average molecular weight is 1250 g/mol. The maximum Gasteiger partial charge on any atom is 0.160 e. The lowest BCUT2D eigenvalue weighted by Gasteiger charge is -2.40. The van der Waals surface area contributed by atoms with Gasteiger partial charge in [-0.1, -0.05) is 303 Å². The minimum Gasteiger partial charge on any atom is -0.456 e. The van der Waals surface area contributed by atoms with E-state index >= 15 is 0 Å². The average Bonchev–Trinajstić information content (AvgIpc) is 1.46. The number of hydrogen-bond donors (Lipinski definition) is 0. The van der Waals surface area contributed by atoms with Crippen molar-refractivity contribution in [1.82, 2.24) is 20.2 Å². The van der Waals surface area contributed by atoms with Crippen LogP contribution in [0.25, 0.3) is 123 Å². The number of para-hydroxylation sites is 5. The number of aromatic nitrogens is 4. The summed E-state index contributed by atoms with van der Waals surface area (Å²) in [6, 6.07) is 121. The molecular weight excluding hydrogens is 1190 g/mol. The van der Waals surface area contributed by atoms with E-state index in [1.54, 1.807) is 0 Å². The molecule has 6 heteroatoms. The molecule has 4 aliphatic rings. The van der Waals surface area contributed by atoms with Crippen LogP contribution in [0, 0.1) is 0 Å². The van der Waals surface area contributed by atoms with Gasteiger partial charge in [0, 0.05) is 61.0 Å². The Bertz CT molecular complexity index is 5880. The Labute approximate surface area is 567 Å². The Kier molecular flexibility index (Phi) is 12.4. The number of hydrogen-bond acceptors (Lipinski definition) is 6. The molecule has 2 aliphatic heterocycles. The molecule has 20 rings (SSSR count). The zero-order chi connectivity index (χ0) is 64.5. The normalized spacial score (nSPS) is 14.4. The van der Waals surface area contributed by atoms with Crippen molar-refractivity contribution in [1.29, 1.82) is 0 Å². The molecule has 98 heavy (non-hydrogen) atoms. The molecule has 2 aliphatic carbocycles. The van der Waals surface area contributed by atoms with Gasteiger partial charge in [0.25, 0.3) is 0 Å². The van der Waals surface area contributed by atoms with Crippen LogP contribution in [-0.4, -0.2) is 20.2 Å². The first-order chi connectivity index (χ1) is 48.6. The Morgan fingerprint density at radius 1 is 0.235 bits per heavy atom. The first-order valence-electron chi connectivity index (χ1n) is 33.4. The van der Waals surface area contributed by atoms with Gasteiger partial charge in [-0.25, -0.2) is 9.97 Å². The topological polar surface area (TPSA) is 70.0 Å². The summed E-state index contributed by atoms with van der Waals surface area (Å²) in [7, 11) is 0. The standard InChI is InChI=1S/C92H56N4O2/c1-2-20-57(21-3-1)58-42-50-62(51-43-58)87-72-27-7-13-39-83(72)93-90(94-87)63-52-46-60(47-53-63)68-30-19-38-80-89(68)98-85-41-15-12-35-77(85)92(80)75-33-10-6-26-71(75)86-66(28-17-36-78(86)92)64-22-16-23-65(56-64)82-55-54-81(95-96-82)61-48-44-59(45-49-61)67-29-18-37-79-88(67)97-84-40-14-11-34-76(84)91(79)73-31-8-4-24-69(73)70-25-5-9-32-74(70)91/h1-56H. The highest BCUT2D eigenvalue weighted by Gasteiger charge is 2.53. The largest absolute Gasteiger partial charge is 0.456 e. The third-order valence-electron chi connectivity index (χ3n) is 20.8. The van der Waals surface area contributed by atoms with E-state index in [2.05, 4.69) is 328 Å². The van der Waals surface area contributed by atoms with E-state index in [1.807, 2.05) is 12.1 Å². The molecular formula is C92H56N4O2. The maximum absolute atomic E-state index is 7.20. The van der Waals surface area contributed by atoms with Gasteiger partial charge in [-0.05, 0) is 114 Å². The van der Waals surface area contributed by atoms with Crippen LogP contribution in [0.4, 0.5) is 0 Å². The van der Waals surface area contributed by atoms with Crippen LogP contribution < -0.4 is 9.47 Å². The zero-order valence-corrected chi connectivity index (χ0v) is 52.9. The van der Waals surface area contributed by atoms with Gasteiger partial charge < -0.3 is 9.47 Å². The lowest BCUT2D eigenvalue weighted by molar-refractivity contribution is 0.438. The van der Waals surface area contributed by atoms with E-state index in [0.29, 0.717) is 5.82 Å². The quantitative estimate of drug-likeness (QED) is 0.151. The summed E-state index contributed by atoms with van der Waals surface area (Å²) in [5.74, 6) is 4.08. The van der Waals surface area contributed by atoms with Gasteiger partial charge in [-0.15, -0.1) is 10.2 Å². The molecule has 0 saturated heterocycles. The molecule has 0 amide bonds. The summed E-state index contributed by atoms with van der Waals surface area (Å²) in [5.41, 5.74) is 29.2. The van der Waals surface area contributed by atoms with Crippen LogP contribution in [0.5, 0.6) is 23.0 Å². The van der Waals surface area contributed by atoms with Crippen molar-refractivity contribution in [2.75, 3.05) is 0 Å². The fourth-order valence-corrected chi connectivity index (χ4v) is 16.5. The Hall–Kier alpha value is -12.9. The van der Waals surface area contributed by atoms with E-state index in [1.165, 1.54) is 50.1 Å². The Morgan fingerprint density at radius 3 is 1.27 bits per heavy atom. The summed E-state index contributed by atoms with van der Waals surface area (Å²) in [5, 5.41) is 10.8. The minimum absolute atomic E-state index is 0.532. The molecule has 1 unspecified atom stereocenters. The van der Waals surface area contributed by atoms with Crippen molar-refractivity contribution < 1.29 is 9.47 Å². The van der Waals surface area contributed by atoms with Crippen LogP contribution in [0.2, 0.25) is 0 Å². The summed E-state index contributed by atoms with van der Waals surface area (Å²) < 4.78 is 14.2. The van der Waals surface area contributed by atoms with Crippen LogP contribution in [0.3, 0.4) is 0 Å². The molecule has 4 heterocycles. The molecule has 2 aromatic heterocycles. The molecule has 2 spiro atoms. The van der Waals surface area contributed by atoms with Crippen molar-refractivity contribution in [3.63, 3.8) is 0 Å². The third kappa shape index (κ3) is 8.22. The molecule has 0 N–H and O–H groups in total. The first kappa shape index (κ1) is 55.5. The van der Waals surface area contributed by atoms with E-state index in [-0.39, 0.29) is 0 Å². The second kappa shape index (κ2) is 21.8.